The van der Waals surface area contributed by atoms with Crippen LogP contribution in [0.15, 0.2) is 0 Å². The van der Waals surface area contributed by atoms with Crippen LogP contribution in [0.4, 0.5) is 0 Å². The standard InChI is InChI=1S/C10H17BrO4/c1-4-7-8(13)5(2)9(10(11)15-7)14-6(3)12/h5,7-10,13H,4H2,1-3H3/t5-,7?,8+,9?,10+/m0/s1. The second-order valence-corrected chi connectivity index (χ2v) is 4.76. The molecule has 0 aromatic heterocycles. The molecule has 0 spiro atoms. The van der Waals surface area contributed by atoms with E-state index in [2.05, 4.69) is 15.9 Å². The molecule has 1 rings (SSSR count). The van der Waals surface area contributed by atoms with Crippen LogP contribution >= 0.6 is 15.9 Å². The molecule has 1 N–H and O–H groups in total. The summed E-state index contributed by atoms with van der Waals surface area (Å²) >= 11 is 3.32. The summed E-state index contributed by atoms with van der Waals surface area (Å²) in [7, 11) is 0. The molecule has 0 amide bonds. The van der Waals surface area contributed by atoms with Crippen molar-refractivity contribution < 1.29 is 19.4 Å². The van der Waals surface area contributed by atoms with Crippen LogP contribution in [-0.4, -0.2) is 34.4 Å². The molecule has 1 aliphatic heterocycles. The van der Waals surface area contributed by atoms with E-state index < -0.39 is 12.2 Å². The normalized spacial score (nSPS) is 41.3. The molecule has 88 valence electrons. The van der Waals surface area contributed by atoms with Crippen LogP contribution in [0.25, 0.3) is 0 Å². The third-order valence-corrected chi connectivity index (χ3v) is 3.44. The minimum absolute atomic E-state index is 0.128. The highest BCUT2D eigenvalue weighted by molar-refractivity contribution is 9.09. The van der Waals surface area contributed by atoms with Crippen molar-refractivity contribution in [3.05, 3.63) is 0 Å². The largest absolute Gasteiger partial charge is 0.458 e. The van der Waals surface area contributed by atoms with E-state index in [0.717, 1.165) is 6.42 Å². The second kappa shape index (κ2) is 5.27. The van der Waals surface area contributed by atoms with Crippen LogP contribution < -0.4 is 0 Å². The molecule has 5 atom stereocenters. The molecule has 1 saturated heterocycles. The average Bonchev–Trinajstić information content (AvgIpc) is 2.18. The highest BCUT2D eigenvalue weighted by atomic mass is 79.9. The first kappa shape index (κ1) is 12.9. The fourth-order valence-corrected chi connectivity index (χ4v) is 2.65. The molecule has 0 radical (unpaired) electrons. The summed E-state index contributed by atoms with van der Waals surface area (Å²) in [5.41, 5.74) is 0. The van der Waals surface area contributed by atoms with Gasteiger partial charge in [-0.3, -0.25) is 4.79 Å². The van der Waals surface area contributed by atoms with E-state index in [4.69, 9.17) is 9.47 Å². The third kappa shape index (κ3) is 2.92. The van der Waals surface area contributed by atoms with E-state index in [1.807, 2.05) is 13.8 Å². The van der Waals surface area contributed by atoms with Crippen LogP contribution in [0.1, 0.15) is 27.2 Å². The van der Waals surface area contributed by atoms with E-state index >= 15 is 0 Å². The van der Waals surface area contributed by atoms with E-state index in [9.17, 15) is 9.90 Å². The van der Waals surface area contributed by atoms with Gasteiger partial charge in [0, 0.05) is 12.8 Å². The van der Waals surface area contributed by atoms with Crippen molar-refractivity contribution in [2.24, 2.45) is 5.92 Å². The van der Waals surface area contributed by atoms with Crippen LogP contribution in [-0.2, 0) is 14.3 Å². The number of aliphatic hydroxyl groups excluding tert-OH is 1. The molecular formula is C10H17BrO4. The number of ether oxygens (including phenoxy) is 2. The lowest BCUT2D eigenvalue weighted by Crippen LogP contribution is -2.52. The molecule has 2 unspecified atom stereocenters. The van der Waals surface area contributed by atoms with E-state index in [-0.39, 0.29) is 23.0 Å². The van der Waals surface area contributed by atoms with Gasteiger partial charge in [-0.05, 0) is 6.42 Å². The van der Waals surface area contributed by atoms with Gasteiger partial charge in [0.1, 0.15) is 11.1 Å². The van der Waals surface area contributed by atoms with Crippen LogP contribution in [0.3, 0.4) is 0 Å². The molecule has 0 aromatic carbocycles. The molecule has 0 aromatic rings. The second-order valence-electron chi connectivity index (χ2n) is 3.86. The smallest absolute Gasteiger partial charge is 0.303 e. The number of rotatable bonds is 2. The minimum Gasteiger partial charge on any atom is -0.458 e. The van der Waals surface area contributed by atoms with Gasteiger partial charge in [0.2, 0.25) is 0 Å². The number of hydrogen-bond acceptors (Lipinski definition) is 4. The third-order valence-electron chi connectivity index (χ3n) is 2.71. The number of carbonyl (C=O) groups is 1. The van der Waals surface area contributed by atoms with Gasteiger partial charge < -0.3 is 14.6 Å². The zero-order chi connectivity index (χ0) is 11.6. The number of aliphatic hydroxyl groups is 1. The van der Waals surface area contributed by atoms with Gasteiger partial charge in [0.05, 0.1) is 12.2 Å². The molecule has 0 bridgehead atoms. The lowest BCUT2D eigenvalue weighted by molar-refractivity contribution is -0.190. The molecule has 15 heavy (non-hydrogen) atoms. The van der Waals surface area contributed by atoms with Crippen molar-refractivity contribution in [1.29, 1.82) is 0 Å². The summed E-state index contributed by atoms with van der Waals surface area (Å²) in [5, 5.41) is 9.56. The molecule has 0 aliphatic carbocycles. The molecule has 0 saturated carbocycles. The van der Waals surface area contributed by atoms with E-state index in [1.165, 1.54) is 6.92 Å². The van der Waals surface area contributed by atoms with Crippen molar-refractivity contribution in [3.63, 3.8) is 0 Å². The summed E-state index contributed by atoms with van der Waals surface area (Å²) in [6.45, 7) is 5.16. The van der Waals surface area contributed by atoms with Crippen LogP contribution in [0, 0.1) is 5.92 Å². The molecule has 1 heterocycles. The predicted octanol–water partition coefficient (Wildman–Crippen LogP) is 1.44. The maximum absolute atomic E-state index is 10.9. The Hall–Kier alpha value is -0.130. The van der Waals surface area contributed by atoms with Crippen molar-refractivity contribution >= 4 is 21.9 Å². The fraction of sp³-hybridized carbons (Fsp3) is 0.900. The van der Waals surface area contributed by atoms with Gasteiger partial charge in [-0.25, -0.2) is 0 Å². The Morgan fingerprint density at radius 3 is 2.67 bits per heavy atom. The summed E-state index contributed by atoms with van der Waals surface area (Å²) in [5.74, 6) is -0.487. The first-order chi connectivity index (χ1) is 6.97. The van der Waals surface area contributed by atoms with Crippen molar-refractivity contribution in [3.8, 4) is 0 Å². The van der Waals surface area contributed by atoms with Gasteiger partial charge in [-0.2, -0.15) is 0 Å². The van der Waals surface area contributed by atoms with Crippen LogP contribution in [0.5, 0.6) is 0 Å². The van der Waals surface area contributed by atoms with Gasteiger partial charge >= 0.3 is 5.97 Å². The topological polar surface area (TPSA) is 55.8 Å². The first-order valence-corrected chi connectivity index (χ1v) is 6.03. The molecule has 4 nitrogen and oxygen atoms in total. The SMILES string of the molecule is CCC1O[C@@H](Br)C(OC(C)=O)[C@@H](C)[C@H]1O. The number of hydrogen-bond donors (Lipinski definition) is 1. The Morgan fingerprint density at radius 1 is 1.60 bits per heavy atom. The lowest BCUT2D eigenvalue weighted by Gasteiger charge is -2.40. The molecule has 5 heteroatoms. The van der Waals surface area contributed by atoms with Crippen LogP contribution in [0.2, 0.25) is 0 Å². The Bertz CT molecular complexity index is 233. The van der Waals surface area contributed by atoms with Gasteiger partial charge in [0.25, 0.3) is 0 Å². The van der Waals surface area contributed by atoms with Gasteiger partial charge in [0.15, 0.2) is 0 Å². The maximum Gasteiger partial charge on any atom is 0.303 e. The Morgan fingerprint density at radius 2 is 2.20 bits per heavy atom. The number of alkyl halides is 1. The number of halogens is 1. The summed E-state index contributed by atoms with van der Waals surface area (Å²) in [6.07, 6.45) is -0.481. The monoisotopic (exact) mass is 280 g/mol. The minimum atomic E-state index is -0.590. The molecule has 1 fully saturated rings. The summed E-state index contributed by atoms with van der Waals surface area (Å²) in [4.78, 5) is 10.9. The Labute approximate surface area is 98.1 Å². The van der Waals surface area contributed by atoms with E-state index in [1.54, 1.807) is 0 Å². The van der Waals surface area contributed by atoms with Crippen molar-refractivity contribution in [2.75, 3.05) is 0 Å². The van der Waals surface area contributed by atoms with Gasteiger partial charge in [-0.1, -0.05) is 29.8 Å². The Kier molecular flexibility index (Phi) is 4.55. The quantitative estimate of drug-likeness (QED) is 0.614. The highest BCUT2D eigenvalue weighted by Gasteiger charge is 2.42. The van der Waals surface area contributed by atoms with Crippen molar-refractivity contribution in [1.82, 2.24) is 0 Å². The molecule has 1 aliphatic rings. The van der Waals surface area contributed by atoms with E-state index in [0.29, 0.717) is 0 Å². The first-order valence-electron chi connectivity index (χ1n) is 5.12. The fourth-order valence-electron chi connectivity index (χ4n) is 1.79. The molecular weight excluding hydrogens is 264 g/mol. The predicted molar refractivity (Wildman–Crippen MR) is 58.6 cm³/mol. The average molecular weight is 281 g/mol. The zero-order valence-electron chi connectivity index (χ0n) is 9.14. The Balaban J connectivity index is 2.70. The lowest BCUT2D eigenvalue weighted by atomic mass is 9.90. The zero-order valence-corrected chi connectivity index (χ0v) is 10.7. The van der Waals surface area contributed by atoms with Crippen molar-refractivity contribution in [2.45, 2.75) is 50.5 Å². The maximum atomic E-state index is 10.9. The van der Waals surface area contributed by atoms with Gasteiger partial charge in [-0.15, -0.1) is 0 Å². The summed E-state index contributed by atoms with van der Waals surface area (Å²) in [6, 6.07) is 0. The highest BCUT2D eigenvalue weighted by Crippen LogP contribution is 2.32. The summed E-state index contributed by atoms with van der Waals surface area (Å²) < 4.78 is 10.6. The number of carbonyl (C=O) groups excluding carboxylic acids is 1. The number of esters is 1.